The largest absolute Gasteiger partial charge is 0.311 e. The second-order valence-corrected chi connectivity index (χ2v) is 6.96. The first kappa shape index (κ1) is 15.4. The Labute approximate surface area is 139 Å². The SMILES string of the molecule is Cn1nc2c(c1NC(=O)CCSc1ccc(Cl)cc1)CCC2. The van der Waals surface area contributed by atoms with Gasteiger partial charge in [0.05, 0.1) is 5.69 Å². The third kappa shape index (κ3) is 3.47. The molecule has 0 saturated carbocycles. The van der Waals surface area contributed by atoms with E-state index in [1.807, 2.05) is 31.3 Å². The molecule has 1 amide bonds. The van der Waals surface area contributed by atoms with Gasteiger partial charge in [-0.2, -0.15) is 5.10 Å². The van der Waals surface area contributed by atoms with E-state index >= 15 is 0 Å². The van der Waals surface area contributed by atoms with Crippen LogP contribution in [0, 0.1) is 0 Å². The van der Waals surface area contributed by atoms with E-state index in [-0.39, 0.29) is 5.91 Å². The van der Waals surface area contributed by atoms with Gasteiger partial charge >= 0.3 is 0 Å². The van der Waals surface area contributed by atoms with Crippen LogP contribution in [0.5, 0.6) is 0 Å². The Hall–Kier alpha value is -1.46. The van der Waals surface area contributed by atoms with Gasteiger partial charge in [0, 0.05) is 34.7 Å². The number of hydrogen-bond donors (Lipinski definition) is 1. The van der Waals surface area contributed by atoms with Gasteiger partial charge in [-0.15, -0.1) is 11.8 Å². The highest BCUT2D eigenvalue weighted by Gasteiger charge is 2.21. The van der Waals surface area contributed by atoms with E-state index in [0.717, 1.165) is 46.4 Å². The monoisotopic (exact) mass is 335 g/mol. The number of nitrogens with one attached hydrogen (secondary N) is 1. The van der Waals surface area contributed by atoms with Crippen LogP contribution < -0.4 is 5.32 Å². The lowest BCUT2D eigenvalue weighted by atomic mass is 10.2. The predicted octanol–water partition coefficient (Wildman–Crippen LogP) is 3.68. The van der Waals surface area contributed by atoms with Crippen LogP contribution in [-0.4, -0.2) is 21.4 Å². The smallest absolute Gasteiger partial charge is 0.226 e. The van der Waals surface area contributed by atoms with E-state index in [2.05, 4.69) is 10.4 Å². The van der Waals surface area contributed by atoms with Crippen LogP contribution in [0.25, 0.3) is 0 Å². The molecule has 1 N–H and O–H groups in total. The van der Waals surface area contributed by atoms with Crippen LogP contribution in [-0.2, 0) is 24.7 Å². The van der Waals surface area contributed by atoms with E-state index in [9.17, 15) is 4.79 Å². The van der Waals surface area contributed by atoms with Gasteiger partial charge in [-0.25, -0.2) is 0 Å². The second-order valence-electron chi connectivity index (χ2n) is 5.35. The highest BCUT2D eigenvalue weighted by Crippen LogP contribution is 2.28. The Balaban J connectivity index is 1.52. The summed E-state index contributed by atoms with van der Waals surface area (Å²) >= 11 is 7.51. The molecule has 0 bridgehead atoms. The van der Waals surface area contributed by atoms with Crippen molar-refractivity contribution < 1.29 is 4.79 Å². The van der Waals surface area contributed by atoms with Crippen molar-refractivity contribution in [3.05, 3.63) is 40.5 Å². The predicted molar refractivity (Wildman–Crippen MR) is 90.7 cm³/mol. The summed E-state index contributed by atoms with van der Waals surface area (Å²) in [5, 5.41) is 8.21. The summed E-state index contributed by atoms with van der Waals surface area (Å²) in [6, 6.07) is 7.67. The Morgan fingerprint density at radius 3 is 2.91 bits per heavy atom. The van der Waals surface area contributed by atoms with Crippen molar-refractivity contribution >= 4 is 35.1 Å². The molecule has 4 nitrogen and oxygen atoms in total. The van der Waals surface area contributed by atoms with E-state index < -0.39 is 0 Å². The molecule has 116 valence electrons. The lowest BCUT2D eigenvalue weighted by molar-refractivity contribution is -0.115. The maximum atomic E-state index is 12.1. The minimum absolute atomic E-state index is 0.0409. The number of hydrogen-bond acceptors (Lipinski definition) is 3. The Kier molecular flexibility index (Phi) is 4.74. The number of carbonyl (C=O) groups is 1. The zero-order chi connectivity index (χ0) is 15.5. The summed E-state index contributed by atoms with van der Waals surface area (Å²) in [5.74, 6) is 1.65. The zero-order valence-electron chi connectivity index (χ0n) is 12.4. The molecule has 3 rings (SSSR count). The van der Waals surface area contributed by atoms with Crippen LogP contribution in [0.4, 0.5) is 5.82 Å². The fourth-order valence-electron chi connectivity index (χ4n) is 2.66. The first-order valence-electron chi connectivity index (χ1n) is 7.36. The molecule has 1 aliphatic carbocycles. The topological polar surface area (TPSA) is 46.9 Å². The number of rotatable bonds is 5. The summed E-state index contributed by atoms with van der Waals surface area (Å²) in [4.78, 5) is 13.2. The number of carbonyl (C=O) groups excluding carboxylic acids is 1. The normalized spacial score (nSPS) is 13.2. The van der Waals surface area contributed by atoms with Crippen molar-refractivity contribution in [3.63, 3.8) is 0 Å². The zero-order valence-corrected chi connectivity index (χ0v) is 14.0. The molecule has 1 aliphatic rings. The molecule has 6 heteroatoms. The Morgan fingerprint density at radius 1 is 1.36 bits per heavy atom. The van der Waals surface area contributed by atoms with Gasteiger partial charge < -0.3 is 5.32 Å². The quantitative estimate of drug-likeness (QED) is 0.848. The summed E-state index contributed by atoms with van der Waals surface area (Å²) in [6.07, 6.45) is 3.64. The first-order valence-corrected chi connectivity index (χ1v) is 8.73. The van der Waals surface area contributed by atoms with Crippen LogP contribution in [0.3, 0.4) is 0 Å². The fraction of sp³-hybridized carbons (Fsp3) is 0.375. The molecule has 0 atom stereocenters. The maximum absolute atomic E-state index is 12.1. The molecule has 1 aromatic carbocycles. The van der Waals surface area contributed by atoms with Gasteiger partial charge in [0.2, 0.25) is 5.91 Å². The van der Waals surface area contributed by atoms with Gasteiger partial charge in [0.15, 0.2) is 0 Å². The lowest BCUT2D eigenvalue weighted by Gasteiger charge is -2.07. The number of nitrogens with zero attached hydrogens (tertiary/aromatic N) is 2. The Bertz CT molecular complexity index is 681. The minimum atomic E-state index is 0.0409. The van der Waals surface area contributed by atoms with Crippen molar-refractivity contribution in [2.75, 3.05) is 11.1 Å². The minimum Gasteiger partial charge on any atom is -0.311 e. The van der Waals surface area contributed by atoms with Crippen LogP contribution in [0.15, 0.2) is 29.2 Å². The number of anilines is 1. The standard InChI is InChI=1S/C16H18ClN3OS/c1-20-16(13-3-2-4-14(13)19-20)18-15(21)9-10-22-12-7-5-11(17)6-8-12/h5-8H,2-4,9-10H2,1H3,(H,18,21). The van der Waals surface area contributed by atoms with Gasteiger partial charge in [-0.3, -0.25) is 9.48 Å². The van der Waals surface area contributed by atoms with Crippen molar-refractivity contribution in [2.24, 2.45) is 7.05 Å². The number of halogens is 1. The first-order chi connectivity index (χ1) is 10.6. The number of fused-ring (bicyclic) bond motifs is 1. The van der Waals surface area contributed by atoms with Crippen LogP contribution >= 0.6 is 23.4 Å². The lowest BCUT2D eigenvalue weighted by Crippen LogP contribution is -2.16. The summed E-state index contributed by atoms with van der Waals surface area (Å²) in [6.45, 7) is 0. The molecule has 22 heavy (non-hydrogen) atoms. The van der Waals surface area contributed by atoms with Gasteiger partial charge in [-0.05, 0) is 43.5 Å². The highest BCUT2D eigenvalue weighted by atomic mass is 35.5. The van der Waals surface area contributed by atoms with Crippen molar-refractivity contribution in [3.8, 4) is 0 Å². The summed E-state index contributed by atoms with van der Waals surface area (Å²) in [5.41, 5.74) is 2.34. The van der Waals surface area contributed by atoms with Crippen molar-refractivity contribution in [2.45, 2.75) is 30.6 Å². The summed E-state index contributed by atoms with van der Waals surface area (Å²) in [7, 11) is 1.89. The van der Waals surface area contributed by atoms with Crippen LogP contribution in [0.2, 0.25) is 5.02 Å². The number of benzene rings is 1. The number of aryl methyl sites for hydroxylation is 2. The van der Waals surface area contributed by atoms with Gasteiger partial charge in [0.25, 0.3) is 0 Å². The van der Waals surface area contributed by atoms with Gasteiger partial charge in [0.1, 0.15) is 5.82 Å². The molecule has 2 aromatic rings. The maximum Gasteiger partial charge on any atom is 0.226 e. The van der Waals surface area contributed by atoms with E-state index in [0.29, 0.717) is 6.42 Å². The molecule has 0 fully saturated rings. The van der Waals surface area contributed by atoms with E-state index in [1.54, 1.807) is 16.4 Å². The molecule has 0 unspecified atom stereocenters. The average Bonchev–Trinajstić information content (AvgIpc) is 3.04. The number of amides is 1. The average molecular weight is 336 g/mol. The summed E-state index contributed by atoms with van der Waals surface area (Å²) < 4.78 is 1.79. The van der Waals surface area contributed by atoms with Gasteiger partial charge in [-0.1, -0.05) is 11.6 Å². The van der Waals surface area contributed by atoms with Crippen LogP contribution in [0.1, 0.15) is 24.1 Å². The molecule has 0 aliphatic heterocycles. The molecular formula is C16H18ClN3OS. The number of thioether (sulfide) groups is 1. The molecule has 0 radical (unpaired) electrons. The fourth-order valence-corrected chi connectivity index (χ4v) is 3.64. The van der Waals surface area contributed by atoms with Crippen molar-refractivity contribution in [1.82, 2.24) is 9.78 Å². The second kappa shape index (κ2) is 6.75. The Morgan fingerprint density at radius 2 is 2.14 bits per heavy atom. The number of aromatic nitrogens is 2. The van der Waals surface area contributed by atoms with E-state index in [4.69, 9.17) is 11.6 Å². The molecule has 0 spiro atoms. The molecule has 1 aromatic heterocycles. The third-order valence-electron chi connectivity index (χ3n) is 3.74. The molecular weight excluding hydrogens is 318 g/mol. The van der Waals surface area contributed by atoms with Crippen molar-refractivity contribution in [1.29, 1.82) is 0 Å². The van der Waals surface area contributed by atoms with E-state index in [1.165, 1.54) is 5.56 Å². The third-order valence-corrected chi connectivity index (χ3v) is 5.00. The molecule has 1 heterocycles. The molecule has 0 saturated heterocycles. The highest BCUT2D eigenvalue weighted by molar-refractivity contribution is 7.99.